The largest absolute Gasteiger partial charge is 0.497 e. The number of aromatic nitrogens is 2. The molecular formula is C18H24N4O4S. The summed E-state index contributed by atoms with van der Waals surface area (Å²) in [4.78, 5) is 12.3. The molecule has 0 atom stereocenters. The Labute approximate surface area is 163 Å². The van der Waals surface area contributed by atoms with Gasteiger partial charge in [-0.1, -0.05) is 0 Å². The first kappa shape index (κ1) is 20.5. The molecule has 2 N–H and O–H groups in total. The fourth-order valence-corrected chi connectivity index (χ4v) is 2.49. The molecule has 0 aliphatic heterocycles. The van der Waals surface area contributed by atoms with Gasteiger partial charge in [0, 0.05) is 18.8 Å². The lowest BCUT2D eigenvalue weighted by Crippen LogP contribution is -2.21. The lowest BCUT2D eigenvalue weighted by Gasteiger charge is -2.14. The Kier molecular flexibility index (Phi) is 7.00. The number of rotatable bonds is 7. The van der Waals surface area contributed by atoms with Crippen LogP contribution in [0.4, 0.5) is 11.4 Å². The minimum absolute atomic E-state index is 0.177. The Morgan fingerprint density at radius 3 is 2.52 bits per heavy atom. The fourth-order valence-electron chi connectivity index (χ4n) is 2.27. The number of ether oxygens (including phenoxy) is 3. The summed E-state index contributed by atoms with van der Waals surface area (Å²) in [5.41, 5.74) is 1.30. The van der Waals surface area contributed by atoms with Crippen molar-refractivity contribution < 1.29 is 19.0 Å². The molecule has 0 radical (unpaired) electrons. The smallest absolute Gasteiger partial charge is 0.361 e. The number of carbonyl (C=O) groups excluding carboxylic acids is 1. The normalized spacial score (nSPS) is 10.4. The first-order chi connectivity index (χ1) is 12.9. The van der Waals surface area contributed by atoms with E-state index < -0.39 is 5.97 Å². The van der Waals surface area contributed by atoms with Crippen LogP contribution in [-0.2, 0) is 11.3 Å². The van der Waals surface area contributed by atoms with Gasteiger partial charge >= 0.3 is 5.97 Å². The number of aryl methyl sites for hydroxylation is 1. The molecule has 1 aromatic carbocycles. The minimum atomic E-state index is -0.510. The molecule has 0 fully saturated rings. The van der Waals surface area contributed by atoms with E-state index in [4.69, 9.17) is 26.4 Å². The lowest BCUT2D eigenvalue weighted by molar-refractivity contribution is 0.0371. The number of esters is 1. The maximum atomic E-state index is 12.3. The van der Waals surface area contributed by atoms with Crippen molar-refractivity contribution in [2.24, 2.45) is 0 Å². The molecule has 2 rings (SSSR count). The summed E-state index contributed by atoms with van der Waals surface area (Å²) in [5, 5.41) is 10.6. The molecule has 0 aliphatic rings. The monoisotopic (exact) mass is 392 g/mol. The number of nitrogens with one attached hydrogen (secondary N) is 2. The summed E-state index contributed by atoms with van der Waals surface area (Å²) < 4.78 is 17.4. The maximum Gasteiger partial charge on any atom is 0.361 e. The van der Waals surface area contributed by atoms with E-state index in [0.29, 0.717) is 29.4 Å². The quantitative estimate of drug-likeness (QED) is 0.548. The predicted molar refractivity (Wildman–Crippen MR) is 108 cm³/mol. The van der Waals surface area contributed by atoms with E-state index in [1.807, 2.05) is 6.92 Å². The van der Waals surface area contributed by atoms with Crippen LogP contribution in [0.15, 0.2) is 24.4 Å². The SMILES string of the molecule is CCn1cc(NC(=S)Nc2ccc(OC)cc2OC)c(C(=O)OC(C)C)n1. The van der Waals surface area contributed by atoms with Crippen molar-refractivity contribution >= 4 is 34.7 Å². The van der Waals surface area contributed by atoms with E-state index in [9.17, 15) is 4.79 Å². The van der Waals surface area contributed by atoms with Crippen molar-refractivity contribution in [3.63, 3.8) is 0 Å². The Bertz CT molecular complexity index is 820. The molecule has 0 bridgehead atoms. The van der Waals surface area contributed by atoms with Gasteiger partial charge in [-0.25, -0.2) is 4.79 Å². The summed E-state index contributed by atoms with van der Waals surface area (Å²) in [6.07, 6.45) is 1.46. The van der Waals surface area contributed by atoms with Crippen LogP contribution in [0.1, 0.15) is 31.3 Å². The molecule has 2 aromatic rings. The number of carbonyl (C=O) groups is 1. The van der Waals surface area contributed by atoms with E-state index in [0.717, 1.165) is 0 Å². The highest BCUT2D eigenvalue weighted by atomic mass is 32.1. The van der Waals surface area contributed by atoms with Crippen molar-refractivity contribution in [1.29, 1.82) is 0 Å². The van der Waals surface area contributed by atoms with Crippen LogP contribution in [0.5, 0.6) is 11.5 Å². The third-order valence-electron chi connectivity index (χ3n) is 3.53. The molecule has 146 valence electrons. The van der Waals surface area contributed by atoms with Crippen molar-refractivity contribution in [1.82, 2.24) is 9.78 Å². The first-order valence-electron chi connectivity index (χ1n) is 8.46. The molecule has 0 amide bonds. The molecule has 0 saturated carbocycles. The predicted octanol–water partition coefficient (Wildman–Crippen LogP) is 3.29. The van der Waals surface area contributed by atoms with Crippen LogP contribution in [0.25, 0.3) is 0 Å². The highest BCUT2D eigenvalue weighted by Crippen LogP contribution is 2.29. The number of hydrogen-bond donors (Lipinski definition) is 2. The van der Waals surface area contributed by atoms with Crippen LogP contribution in [0.2, 0.25) is 0 Å². The van der Waals surface area contributed by atoms with E-state index >= 15 is 0 Å². The van der Waals surface area contributed by atoms with Crippen LogP contribution in [-0.4, -0.2) is 41.2 Å². The molecular weight excluding hydrogens is 368 g/mol. The van der Waals surface area contributed by atoms with E-state index in [1.54, 1.807) is 57.1 Å². The number of anilines is 2. The van der Waals surface area contributed by atoms with Gasteiger partial charge in [0.05, 0.1) is 31.7 Å². The standard InChI is InChI=1S/C18H24N4O4S/c1-6-22-10-14(16(21-22)17(23)26-11(2)3)20-18(27)19-13-8-7-12(24-4)9-15(13)25-5/h7-11H,6H2,1-5H3,(H2,19,20,27). The zero-order valence-corrected chi connectivity index (χ0v) is 16.8. The number of benzene rings is 1. The number of hydrogen-bond acceptors (Lipinski definition) is 6. The zero-order chi connectivity index (χ0) is 20.0. The number of nitrogens with zero attached hydrogens (tertiary/aromatic N) is 2. The van der Waals surface area contributed by atoms with Gasteiger partial charge in [0.15, 0.2) is 10.8 Å². The molecule has 8 nitrogen and oxygen atoms in total. The third kappa shape index (κ3) is 5.33. The molecule has 0 aliphatic carbocycles. The Hall–Kier alpha value is -2.81. The molecule has 1 aromatic heterocycles. The van der Waals surface area contributed by atoms with Gasteiger partial charge in [0.1, 0.15) is 11.5 Å². The van der Waals surface area contributed by atoms with Gasteiger partial charge in [0.25, 0.3) is 0 Å². The topological polar surface area (TPSA) is 86.6 Å². The molecule has 9 heteroatoms. The Balaban J connectivity index is 2.18. The Morgan fingerprint density at radius 1 is 1.22 bits per heavy atom. The van der Waals surface area contributed by atoms with Crippen LogP contribution < -0.4 is 20.1 Å². The molecule has 1 heterocycles. The maximum absolute atomic E-state index is 12.3. The highest BCUT2D eigenvalue weighted by Gasteiger charge is 2.20. The van der Waals surface area contributed by atoms with Crippen molar-refractivity contribution in [3.05, 3.63) is 30.1 Å². The van der Waals surface area contributed by atoms with E-state index in [2.05, 4.69) is 15.7 Å². The van der Waals surface area contributed by atoms with Gasteiger partial charge < -0.3 is 24.8 Å². The Morgan fingerprint density at radius 2 is 1.93 bits per heavy atom. The van der Waals surface area contributed by atoms with E-state index in [-0.39, 0.29) is 16.9 Å². The highest BCUT2D eigenvalue weighted by molar-refractivity contribution is 7.80. The van der Waals surface area contributed by atoms with Gasteiger partial charge in [-0.3, -0.25) is 4.68 Å². The summed E-state index contributed by atoms with van der Waals surface area (Å²) in [5.74, 6) is 0.728. The van der Waals surface area contributed by atoms with Crippen molar-refractivity contribution in [2.75, 3.05) is 24.9 Å². The van der Waals surface area contributed by atoms with Gasteiger partial charge in [0.2, 0.25) is 0 Å². The molecule has 27 heavy (non-hydrogen) atoms. The van der Waals surface area contributed by atoms with Crippen molar-refractivity contribution in [3.8, 4) is 11.5 Å². The summed E-state index contributed by atoms with van der Waals surface area (Å²) in [6.45, 7) is 6.09. The number of thiocarbonyl (C=S) groups is 1. The zero-order valence-electron chi connectivity index (χ0n) is 16.0. The molecule has 0 spiro atoms. The average Bonchev–Trinajstić information content (AvgIpc) is 3.04. The van der Waals surface area contributed by atoms with Gasteiger partial charge in [-0.05, 0) is 45.1 Å². The number of methoxy groups -OCH3 is 2. The van der Waals surface area contributed by atoms with Crippen molar-refractivity contribution in [2.45, 2.75) is 33.4 Å². The minimum Gasteiger partial charge on any atom is -0.497 e. The second-order valence-corrected chi connectivity index (χ2v) is 6.25. The van der Waals surface area contributed by atoms with Crippen LogP contribution in [0.3, 0.4) is 0 Å². The first-order valence-corrected chi connectivity index (χ1v) is 8.87. The van der Waals surface area contributed by atoms with Gasteiger partial charge in [-0.2, -0.15) is 5.10 Å². The second-order valence-electron chi connectivity index (χ2n) is 5.85. The van der Waals surface area contributed by atoms with Crippen LogP contribution in [0, 0.1) is 0 Å². The summed E-state index contributed by atoms with van der Waals surface area (Å²) in [6, 6.07) is 5.31. The average molecular weight is 392 g/mol. The molecule has 0 unspecified atom stereocenters. The fraction of sp³-hybridized carbons (Fsp3) is 0.389. The third-order valence-corrected chi connectivity index (χ3v) is 3.73. The lowest BCUT2D eigenvalue weighted by atomic mass is 10.2. The summed E-state index contributed by atoms with van der Waals surface area (Å²) in [7, 11) is 3.14. The summed E-state index contributed by atoms with van der Waals surface area (Å²) >= 11 is 5.37. The van der Waals surface area contributed by atoms with Crippen LogP contribution >= 0.6 is 12.2 Å². The molecule has 0 saturated heterocycles. The van der Waals surface area contributed by atoms with Gasteiger partial charge in [-0.15, -0.1) is 0 Å². The van der Waals surface area contributed by atoms with E-state index in [1.165, 1.54) is 0 Å². The second kappa shape index (κ2) is 9.22.